The van der Waals surface area contributed by atoms with E-state index in [1.54, 1.807) is 15.9 Å². The van der Waals surface area contributed by atoms with E-state index in [2.05, 4.69) is 9.89 Å². The number of piperazine rings is 2. The number of non-ortho nitro benzene ring substituents is 1. The standard InChI is InChI=1S/C25H38N10O4/c26-24(27)30-20-3-1-18(2-4-20)22(36)32-9-11-33(12-10-32)23(37)19-13-17(14-21(15-19)35(38)39)16-31-5-7-34(8-6-31)25(28)29/h13-15,18,20H,1-12,16H2,(H3,28,29)(H4,26,27,30). The molecule has 4 rings (SSSR count). The fourth-order valence-corrected chi connectivity index (χ4v) is 5.63. The van der Waals surface area contributed by atoms with Gasteiger partial charge in [0.15, 0.2) is 11.9 Å². The van der Waals surface area contributed by atoms with Crippen LogP contribution in [0.1, 0.15) is 41.6 Å². The van der Waals surface area contributed by atoms with Crippen molar-refractivity contribution >= 4 is 29.4 Å². The van der Waals surface area contributed by atoms with Crippen molar-refractivity contribution in [3.05, 3.63) is 39.4 Å². The van der Waals surface area contributed by atoms with E-state index in [1.807, 2.05) is 4.90 Å². The van der Waals surface area contributed by atoms with Crippen molar-refractivity contribution in [1.82, 2.24) is 19.6 Å². The highest BCUT2D eigenvalue weighted by molar-refractivity contribution is 5.95. The maximum absolute atomic E-state index is 13.3. The first-order chi connectivity index (χ1) is 18.6. The Morgan fingerprint density at radius 1 is 0.897 bits per heavy atom. The molecule has 3 fully saturated rings. The lowest BCUT2D eigenvalue weighted by Crippen LogP contribution is -2.52. The molecule has 0 bridgehead atoms. The third-order valence-electron chi connectivity index (χ3n) is 7.81. The number of aliphatic imine (C=N–C) groups is 1. The van der Waals surface area contributed by atoms with Gasteiger partial charge in [-0.1, -0.05) is 0 Å². The molecular weight excluding hydrogens is 504 g/mol. The Labute approximate surface area is 227 Å². The van der Waals surface area contributed by atoms with Crippen LogP contribution >= 0.6 is 0 Å². The van der Waals surface area contributed by atoms with Gasteiger partial charge in [-0.05, 0) is 37.3 Å². The molecule has 2 saturated heterocycles. The lowest BCUT2D eigenvalue weighted by Gasteiger charge is -2.37. The fourth-order valence-electron chi connectivity index (χ4n) is 5.63. The third kappa shape index (κ3) is 7.13. The van der Waals surface area contributed by atoms with Gasteiger partial charge in [0.1, 0.15) is 0 Å². The summed E-state index contributed by atoms with van der Waals surface area (Å²) in [6, 6.07) is 4.62. The minimum atomic E-state index is -0.480. The molecule has 3 aliphatic rings. The van der Waals surface area contributed by atoms with Crippen LogP contribution < -0.4 is 17.2 Å². The highest BCUT2D eigenvalue weighted by Gasteiger charge is 2.32. The Kier molecular flexibility index (Phi) is 8.84. The summed E-state index contributed by atoms with van der Waals surface area (Å²) in [5.41, 5.74) is 17.4. The molecule has 14 nitrogen and oxygen atoms in total. The van der Waals surface area contributed by atoms with Crippen LogP contribution in [0.2, 0.25) is 0 Å². The molecule has 2 heterocycles. The molecule has 1 aromatic rings. The third-order valence-corrected chi connectivity index (χ3v) is 7.81. The normalized spacial score (nSPS) is 22.3. The summed E-state index contributed by atoms with van der Waals surface area (Å²) in [6.45, 7) is 4.61. The predicted molar refractivity (Wildman–Crippen MR) is 146 cm³/mol. The number of amides is 2. The Hall–Kier alpha value is -3.94. The summed E-state index contributed by atoms with van der Waals surface area (Å²) in [6.07, 6.45) is 3.02. The summed E-state index contributed by atoms with van der Waals surface area (Å²) in [5, 5.41) is 19.2. The topological polar surface area (TPSA) is 205 Å². The van der Waals surface area contributed by atoms with Gasteiger partial charge in [-0.15, -0.1) is 0 Å². The molecule has 0 radical (unpaired) electrons. The van der Waals surface area contributed by atoms with Gasteiger partial charge in [-0.2, -0.15) is 0 Å². The van der Waals surface area contributed by atoms with E-state index in [0.717, 1.165) is 25.7 Å². The first kappa shape index (κ1) is 28.1. The molecule has 1 saturated carbocycles. The van der Waals surface area contributed by atoms with Crippen molar-refractivity contribution in [3.8, 4) is 0 Å². The van der Waals surface area contributed by atoms with Crippen LogP contribution in [-0.2, 0) is 11.3 Å². The van der Waals surface area contributed by atoms with Crippen LogP contribution in [0, 0.1) is 21.4 Å². The quantitative estimate of drug-likeness (QED) is 0.161. The number of benzene rings is 1. The minimum absolute atomic E-state index is 0.0369. The first-order valence-corrected chi connectivity index (χ1v) is 13.4. The van der Waals surface area contributed by atoms with Crippen molar-refractivity contribution in [2.75, 3.05) is 52.4 Å². The number of nitro benzene ring substituents is 1. The summed E-state index contributed by atoms with van der Waals surface area (Å²) >= 11 is 0. The second-order valence-corrected chi connectivity index (χ2v) is 10.5. The number of nitrogens with two attached hydrogens (primary N) is 3. The van der Waals surface area contributed by atoms with Gasteiger partial charge in [0.25, 0.3) is 11.6 Å². The van der Waals surface area contributed by atoms with E-state index >= 15 is 0 Å². The van der Waals surface area contributed by atoms with Crippen molar-refractivity contribution in [1.29, 1.82) is 5.41 Å². The Balaban J connectivity index is 1.34. The van der Waals surface area contributed by atoms with Gasteiger partial charge in [0.05, 0.1) is 11.0 Å². The molecule has 7 N–H and O–H groups in total. The molecule has 0 spiro atoms. The summed E-state index contributed by atoms with van der Waals surface area (Å²) in [4.78, 5) is 49.1. The number of guanidine groups is 2. The Morgan fingerprint density at radius 2 is 1.49 bits per heavy atom. The second-order valence-electron chi connectivity index (χ2n) is 10.5. The number of hydrogen-bond donors (Lipinski definition) is 4. The summed E-state index contributed by atoms with van der Waals surface area (Å²) in [7, 11) is 0. The summed E-state index contributed by atoms with van der Waals surface area (Å²) < 4.78 is 0. The molecule has 2 aliphatic heterocycles. The number of nitrogens with zero attached hydrogens (tertiary/aromatic N) is 6. The zero-order valence-electron chi connectivity index (χ0n) is 22.1. The van der Waals surface area contributed by atoms with Gasteiger partial charge in [-0.3, -0.25) is 35.0 Å². The number of carbonyl (C=O) groups is 2. The molecule has 2 amide bonds. The highest BCUT2D eigenvalue weighted by atomic mass is 16.6. The number of nitrogens with one attached hydrogen (secondary N) is 1. The minimum Gasteiger partial charge on any atom is -0.370 e. The zero-order valence-corrected chi connectivity index (χ0v) is 22.1. The van der Waals surface area contributed by atoms with Crippen molar-refractivity contribution < 1.29 is 14.5 Å². The molecule has 0 aromatic heterocycles. The number of nitro groups is 1. The Bertz CT molecular complexity index is 1110. The molecule has 39 heavy (non-hydrogen) atoms. The molecule has 0 atom stereocenters. The van der Waals surface area contributed by atoms with E-state index in [9.17, 15) is 19.7 Å². The maximum Gasteiger partial charge on any atom is 0.270 e. The van der Waals surface area contributed by atoms with Crippen molar-refractivity contribution in [2.45, 2.75) is 38.3 Å². The van der Waals surface area contributed by atoms with E-state index in [4.69, 9.17) is 22.6 Å². The van der Waals surface area contributed by atoms with Gasteiger partial charge >= 0.3 is 0 Å². The lowest BCUT2D eigenvalue weighted by atomic mass is 9.85. The van der Waals surface area contributed by atoms with Crippen molar-refractivity contribution in [3.63, 3.8) is 0 Å². The largest absolute Gasteiger partial charge is 0.370 e. The Morgan fingerprint density at radius 3 is 2.05 bits per heavy atom. The molecule has 1 aromatic carbocycles. The number of carbonyl (C=O) groups excluding carboxylic acids is 2. The lowest BCUT2D eigenvalue weighted by molar-refractivity contribution is -0.385. The predicted octanol–water partition coefficient (Wildman–Crippen LogP) is -0.278. The molecule has 1 aliphatic carbocycles. The molecular formula is C25H38N10O4. The van der Waals surface area contributed by atoms with E-state index in [1.165, 1.54) is 12.1 Å². The SMILES string of the molecule is N=C(N)N1CCN(Cc2cc(C(=O)N3CCN(C(=O)C4CCC(N=C(N)N)CC4)CC3)cc([N+](=O)[O-])c2)CC1. The average Bonchev–Trinajstić information content (AvgIpc) is 2.92. The highest BCUT2D eigenvalue weighted by Crippen LogP contribution is 2.28. The maximum atomic E-state index is 13.3. The smallest absolute Gasteiger partial charge is 0.270 e. The van der Waals surface area contributed by atoms with Gasteiger partial charge < -0.3 is 31.9 Å². The van der Waals surface area contributed by atoms with E-state index < -0.39 is 4.92 Å². The van der Waals surface area contributed by atoms with Crippen LogP contribution in [0.15, 0.2) is 23.2 Å². The van der Waals surface area contributed by atoms with Crippen LogP contribution in [0.3, 0.4) is 0 Å². The fraction of sp³-hybridized carbons (Fsp3) is 0.600. The van der Waals surface area contributed by atoms with Gasteiger partial charge in [-0.25, -0.2) is 0 Å². The molecule has 0 unspecified atom stereocenters. The zero-order chi connectivity index (χ0) is 28.1. The second kappa shape index (κ2) is 12.3. The molecule has 14 heteroatoms. The first-order valence-electron chi connectivity index (χ1n) is 13.4. The summed E-state index contributed by atoms with van der Waals surface area (Å²) in [5.74, 6) is -0.114. The monoisotopic (exact) mass is 542 g/mol. The molecule has 212 valence electrons. The number of rotatable bonds is 6. The van der Waals surface area contributed by atoms with Crippen LogP contribution in [0.25, 0.3) is 0 Å². The average molecular weight is 543 g/mol. The number of hydrogen-bond acceptors (Lipinski definition) is 7. The van der Waals surface area contributed by atoms with Gasteiger partial charge in [0, 0.05) is 82.5 Å². The van der Waals surface area contributed by atoms with Crippen LogP contribution in [0.5, 0.6) is 0 Å². The van der Waals surface area contributed by atoms with Crippen LogP contribution in [0.4, 0.5) is 5.69 Å². The van der Waals surface area contributed by atoms with Crippen molar-refractivity contribution in [2.24, 2.45) is 28.1 Å². The van der Waals surface area contributed by atoms with E-state index in [0.29, 0.717) is 64.5 Å². The van der Waals surface area contributed by atoms with Gasteiger partial charge in [0.2, 0.25) is 5.91 Å². The van der Waals surface area contributed by atoms with E-state index in [-0.39, 0.29) is 46.9 Å². The van der Waals surface area contributed by atoms with Crippen LogP contribution in [-0.4, -0.2) is 107 Å².